The fraction of sp³-hybridized carbons (Fsp3) is 0.500. The molecule has 0 aromatic carbocycles. The highest BCUT2D eigenvalue weighted by Gasteiger charge is 2.20. The minimum atomic E-state index is -0.706. The summed E-state index contributed by atoms with van der Waals surface area (Å²) >= 11 is 0. The number of nitrogen functional groups attached to an aromatic ring is 1. The molecule has 0 atom stereocenters. The zero-order valence-electron chi connectivity index (χ0n) is 10.7. The first-order valence-electron chi connectivity index (χ1n) is 6.06. The normalized spacial score (nSPS) is 10.2. The van der Waals surface area contributed by atoms with Gasteiger partial charge in [0.2, 0.25) is 0 Å². The van der Waals surface area contributed by atoms with Crippen LogP contribution in [0.4, 0.5) is 10.2 Å². The van der Waals surface area contributed by atoms with Gasteiger partial charge in [0.15, 0.2) is 11.6 Å². The molecule has 0 aliphatic carbocycles. The Morgan fingerprint density at radius 2 is 2.06 bits per heavy atom. The fourth-order valence-corrected chi connectivity index (χ4v) is 1.73. The van der Waals surface area contributed by atoms with Crippen LogP contribution < -0.4 is 11.3 Å². The average molecular weight is 254 g/mol. The minimum absolute atomic E-state index is 0.000139. The third-order valence-electron chi connectivity index (χ3n) is 2.53. The predicted octanol–water partition coefficient (Wildman–Crippen LogP) is 1.77. The summed E-state index contributed by atoms with van der Waals surface area (Å²) in [7, 11) is 0. The topological polar surface area (TPSA) is 71.2 Å². The van der Waals surface area contributed by atoms with Crippen LogP contribution in [0.15, 0.2) is 12.3 Å². The van der Waals surface area contributed by atoms with Gasteiger partial charge in [-0.3, -0.25) is 4.79 Å². The maximum atomic E-state index is 13.9. The summed E-state index contributed by atoms with van der Waals surface area (Å²) in [5, 5.41) is 0. The molecule has 0 unspecified atom stereocenters. The van der Waals surface area contributed by atoms with E-state index >= 15 is 0 Å². The van der Waals surface area contributed by atoms with Crippen LogP contribution in [0.5, 0.6) is 0 Å². The van der Waals surface area contributed by atoms with Gasteiger partial charge >= 0.3 is 0 Å². The zero-order valence-corrected chi connectivity index (χ0v) is 10.7. The highest BCUT2D eigenvalue weighted by Crippen LogP contribution is 2.16. The number of amides is 1. The van der Waals surface area contributed by atoms with Gasteiger partial charge in [-0.05, 0) is 18.9 Å². The van der Waals surface area contributed by atoms with E-state index in [0.717, 1.165) is 12.8 Å². The molecule has 3 N–H and O–H groups in total. The first-order chi connectivity index (χ1) is 8.65. The monoisotopic (exact) mass is 254 g/mol. The van der Waals surface area contributed by atoms with Gasteiger partial charge in [-0.2, -0.15) is 0 Å². The summed E-state index contributed by atoms with van der Waals surface area (Å²) in [6.07, 6.45) is 3.03. The lowest BCUT2D eigenvalue weighted by atomic mass is 10.2. The van der Waals surface area contributed by atoms with Crippen LogP contribution in [-0.2, 0) is 0 Å². The average Bonchev–Trinajstić information content (AvgIpc) is 2.38. The zero-order chi connectivity index (χ0) is 13.5. The van der Waals surface area contributed by atoms with E-state index in [-0.39, 0.29) is 17.3 Å². The number of pyridine rings is 1. The van der Waals surface area contributed by atoms with E-state index in [1.165, 1.54) is 12.3 Å². The summed E-state index contributed by atoms with van der Waals surface area (Å²) < 4.78 is 13.9. The standard InChI is InChI=1S/C12H19FN4O/c1-3-7-17(8-4-2)12(18)9-5-6-15-11(16-14)10(9)13/h5-6H,3-4,7-8,14H2,1-2H3,(H,15,16). The van der Waals surface area contributed by atoms with Crippen molar-refractivity contribution in [3.63, 3.8) is 0 Å². The Labute approximate surface area is 106 Å². The lowest BCUT2D eigenvalue weighted by Crippen LogP contribution is -2.33. The Morgan fingerprint density at radius 1 is 1.44 bits per heavy atom. The third kappa shape index (κ3) is 3.16. The van der Waals surface area contributed by atoms with Crippen molar-refractivity contribution in [3.05, 3.63) is 23.6 Å². The molecule has 1 amide bonds. The van der Waals surface area contributed by atoms with E-state index in [9.17, 15) is 9.18 Å². The lowest BCUT2D eigenvalue weighted by molar-refractivity contribution is 0.0751. The van der Waals surface area contributed by atoms with Crippen LogP contribution >= 0.6 is 0 Å². The van der Waals surface area contributed by atoms with E-state index in [2.05, 4.69) is 10.4 Å². The second-order valence-electron chi connectivity index (χ2n) is 3.96. The number of nitrogens with two attached hydrogens (primary N) is 1. The maximum Gasteiger partial charge on any atom is 0.257 e. The number of hydrazine groups is 1. The summed E-state index contributed by atoms with van der Waals surface area (Å²) in [5.41, 5.74) is 2.14. The van der Waals surface area contributed by atoms with Crippen molar-refractivity contribution in [1.29, 1.82) is 0 Å². The molecule has 0 aliphatic rings. The Hall–Kier alpha value is -1.69. The van der Waals surface area contributed by atoms with E-state index in [1.54, 1.807) is 4.90 Å². The number of rotatable bonds is 6. The lowest BCUT2D eigenvalue weighted by Gasteiger charge is -2.21. The summed E-state index contributed by atoms with van der Waals surface area (Å²) in [6.45, 7) is 5.18. The Balaban J connectivity index is 3.00. The van der Waals surface area contributed by atoms with Crippen LogP contribution in [-0.4, -0.2) is 28.9 Å². The number of nitrogens with one attached hydrogen (secondary N) is 1. The van der Waals surface area contributed by atoms with Gasteiger partial charge in [0.25, 0.3) is 5.91 Å². The molecular weight excluding hydrogens is 235 g/mol. The van der Waals surface area contributed by atoms with Crippen molar-refractivity contribution in [2.75, 3.05) is 18.5 Å². The number of anilines is 1. The largest absolute Gasteiger partial charge is 0.339 e. The highest BCUT2D eigenvalue weighted by molar-refractivity contribution is 5.95. The molecule has 18 heavy (non-hydrogen) atoms. The second-order valence-corrected chi connectivity index (χ2v) is 3.96. The minimum Gasteiger partial charge on any atom is -0.339 e. The SMILES string of the molecule is CCCN(CCC)C(=O)c1ccnc(NN)c1F. The molecule has 0 bridgehead atoms. The van der Waals surface area contributed by atoms with Gasteiger partial charge in [-0.15, -0.1) is 0 Å². The summed E-state index contributed by atoms with van der Waals surface area (Å²) in [4.78, 5) is 17.6. The number of halogens is 1. The van der Waals surface area contributed by atoms with Gasteiger partial charge in [0.05, 0.1) is 5.56 Å². The Bertz CT molecular complexity index is 405. The van der Waals surface area contributed by atoms with Crippen LogP contribution in [0.2, 0.25) is 0 Å². The van der Waals surface area contributed by atoms with Crippen molar-refractivity contribution < 1.29 is 9.18 Å². The van der Waals surface area contributed by atoms with Gasteiger partial charge in [-0.1, -0.05) is 13.8 Å². The molecule has 1 aromatic heterocycles. The van der Waals surface area contributed by atoms with Crippen molar-refractivity contribution in [3.8, 4) is 0 Å². The second kappa shape index (κ2) is 6.90. The van der Waals surface area contributed by atoms with Crippen LogP contribution in [0.25, 0.3) is 0 Å². The molecule has 0 saturated heterocycles. The van der Waals surface area contributed by atoms with E-state index < -0.39 is 5.82 Å². The smallest absolute Gasteiger partial charge is 0.257 e. The van der Waals surface area contributed by atoms with E-state index in [4.69, 9.17) is 5.84 Å². The van der Waals surface area contributed by atoms with Gasteiger partial charge in [-0.25, -0.2) is 15.2 Å². The summed E-state index contributed by atoms with van der Waals surface area (Å²) in [6, 6.07) is 1.37. The fourth-order valence-electron chi connectivity index (χ4n) is 1.73. The van der Waals surface area contributed by atoms with Gasteiger partial charge < -0.3 is 10.3 Å². The molecule has 1 heterocycles. The van der Waals surface area contributed by atoms with Crippen LogP contribution in [0.3, 0.4) is 0 Å². The molecule has 1 aromatic rings. The van der Waals surface area contributed by atoms with Crippen molar-refractivity contribution in [2.45, 2.75) is 26.7 Å². The molecule has 0 aliphatic heterocycles. The molecule has 0 spiro atoms. The van der Waals surface area contributed by atoms with Crippen LogP contribution in [0, 0.1) is 5.82 Å². The number of hydrogen-bond donors (Lipinski definition) is 2. The van der Waals surface area contributed by atoms with E-state index in [1.807, 2.05) is 13.8 Å². The summed E-state index contributed by atoms with van der Waals surface area (Å²) in [5.74, 6) is 3.99. The highest BCUT2D eigenvalue weighted by atomic mass is 19.1. The van der Waals surface area contributed by atoms with Crippen molar-refractivity contribution in [1.82, 2.24) is 9.88 Å². The maximum absolute atomic E-state index is 13.9. The first kappa shape index (κ1) is 14.4. The molecule has 100 valence electrons. The quantitative estimate of drug-likeness (QED) is 0.599. The number of carbonyl (C=O) groups excluding carboxylic acids is 1. The molecule has 1 rings (SSSR count). The Kier molecular flexibility index (Phi) is 5.51. The van der Waals surface area contributed by atoms with E-state index in [0.29, 0.717) is 13.1 Å². The third-order valence-corrected chi connectivity index (χ3v) is 2.53. The molecule has 0 radical (unpaired) electrons. The predicted molar refractivity (Wildman–Crippen MR) is 68.5 cm³/mol. The molecule has 5 nitrogen and oxygen atoms in total. The number of aromatic nitrogens is 1. The number of hydrogen-bond acceptors (Lipinski definition) is 4. The Morgan fingerprint density at radius 3 is 2.56 bits per heavy atom. The van der Waals surface area contributed by atoms with Crippen molar-refractivity contribution in [2.24, 2.45) is 5.84 Å². The molecular formula is C12H19FN4O. The van der Waals surface area contributed by atoms with Gasteiger partial charge in [0.1, 0.15) is 0 Å². The molecule has 0 fully saturated rings. The van der Waals surface area contributed by atoms with Crippen molar-refractivity contribution >= 4 is 11.7 Å². The molecule has 0 saturated carbocycles. The first-order valence-corrected chi connectivity index (χ1v) is 6.06. The van der Waals surface area contributed by atoms with Crippen LogP contribution in [0.1, 0.15) is 37.0 Å². The molecule has 6 heteroatoms. The van der Waals surface area contributed by atoms with Gasteiger partial charge in [0, 0.05) is 19.3 Å². The number of carbonyl (C=O) groups is 1. The number of nitrogens with zero attached hydrogens (tertiary/aromatic N) is 2.